The first-order chi connectivity index (χ1) is 48.1. The van der Waals surface area contributed by atoms with Gasteiger partial charge in [0.25, 0.3) is 0 Å². The van der Waals surface area contributed by atoms with Crippen LogP contribution in [0.25, 0.3) is 10.9 Å². The van der Waals surface area contributed by atoms with Crippen molar-refractivity contribution in [2.75, 3.05) is 17.8 Å². The number of para-hydroxylation sites is 1. The third-order valence-electron chi connectivity index (χ3n) is 16.9. The van der Waals surface area contributed by atoms with Crippen molar-refractivity contribution in [3.05, 3.63) is 251 Å². The molecule has 19 nitrogen and oxygen atoms in total. The third-order valence-corrected chi connectivity index (χ3v) is 19.2. The van der Waals surface area contributed by atoms with Gasteiger partial charge in [0.1, 0.15) is 41.3 Å². The van der Waals surface area contributed by atoms with Gasteiger partial charge in [0, 0.05) is 23.8 Å². The Balaban J connectivity index is 1.12. The van der Waals surface area contributed by atoms with E-state index in [1.807, 2.05) is 196 Å². The van der Waals surface area contributed by atoms with Crippen molar-refractivity contribution in [2.24, 2.45) is 11.7 Å². The van der Waals surface area contributed by atoms with Gasteiger partial charge in [0.2, 0.25) is 35.4 Å². The van der Waals surface area contributed by atoms with E-state index in [-0.39, 0.29) is 30.9 Å². The van der Waals surface area contributed by atoms with E-state index in [1.165, 1.54) is 34.3 Å². The van der Waals surface area contributed by atoms with E-state index in [9.17, 15) is 29.1 Å². The minimum absolute atomic E-state index is 0.00857. The highest BCUT2D eigenvalue weighted by Crippen LogP contribution is 2.49. The van der Waals surface area contributed by atoms with Crippen LogP contribution in [-0.2, 0) is 59.7 Å². The van der Waals surface area contributed by atoms with E-state index >= 15 is 14.4 Å². The Labute approximate surface area is 600 Å². The number of rotatable bonds is 32. The number of benzene rings is 7. The van der Waals surface area contributed by atoms with Gasteiger partial charge in [0.15, 0.2) is 0 Å². The second kappa shape index (κ2) is 35.2. The molecule has 1 aromatic heterocycles. The molecule has 0 aliphatic rings. The number of hydrogen-bond acceptors (Lipinski definition) is 13. The van der Waals surface area contributed by atoms with Crippen LogP contribution in [0.5, 0.6) is 0 Å². The van der Waals surface area contributed by atoms with Gasteiger partial charge < -0.3 is 52.2 Å². The quantitative estimate of drug-likeness (QED) is 0.0182. The molecule has 7 aromatic carbocycles. The molecule has 0 fully saturated rings. The van der Waals surface area contributed by atoms with Crippen LogP contribution in [0.15, 0.2) is 212 Å². The Bertz CT molecular complexity index is 3890. The number of ether oxygens (including phenoxy) is 2. The van der Waals surface area contributed by atoms with Gasteiger partial charge in [0.05, 0.1) is 34.4 Å². The lowest BCUT2D eigenvalue weighted by Crippen LogP contribution is -2.62. The Kier molecular flexibility index (Phi) is 26.9. The van der Waals surface area contributed by atoms with Crippen LogP contribution in [-0.4, -0.2) is 128 Å². The summed E-state index contributed by atoms with van der Waals surface area (Å²) >= 11 is 2.83. The number of thioether (sulfide) groups is 2. The minimum atomic E-state index is -1.77. The Morgan fingerprint density at radius 3 is 1.40 bits per heavy atom. The van der Waals surface area contributed by atoms with Gasteiger partial charge in [-0.3, -0.25) is 33.3 Å². The molecule has 101 heavy (non-hydrogen) atoms. The molecule has 0 bridgehead atoms. The molecule has 9 N–H and O–H groups in total. The first-order valence-electron chi connectivity index (χ1n) is 33.9. The average Bonchev–Trinajstić information content (AvgIpc) is 1.46. The number of carboxylic acid groups (broad SMARTS) is 1. The summed E-state index contributed by atoms with van der Waals surface area (Å²) in [5.41, 5.74) is 9.57. The molecule has 0 aliphatic heterocycles. The fourth-order valence-electron chi connectivity index (χ4n) is 12.4. The summed E-state index contributed by atoms with van der Waals surface area (Å²) in [7, 11) is 0. The molecule has 0 radical (unpaired) electrons. The van der Waals surface area contributed by atoms with Gasteiger partial charge in [-0.15, -0.1) is 11.8 Å². The van der Waals surface area contributed by atoms with Gasteiger partial charge >= 0.3 is 12.1 Å². The van der Waals surface area contributed by atoms with Crippen LogP contribution in [0.4, 0.5) is 4.79 Å². The van der Waals surface area contributed by atoms with Crippen molar-refractivity contribution >= 4 is 81.9 Å². The summed E-state index contributed by atoms with van der Waals surface area (Å²) in [4.78, 5) is 117. The number of aromatic nitrogens is 1. The van der Waals surface area contributed by atoms with E-state index in [0.717, 1.165) is 16.7 Å². The van der Waals surface area contributed by atoms with Crippen LogP contribution < -0.4 is 37.6 Å². The summed E-state index contributed by atoms with van der Waals surface area (Å²) in [6, 6.07) is 55.7. The van der Waals surface area contributed by atoms with E-state index in [4.69, 9.17) is 15.2 Å². The Hall–Kier alpha value is -9.54. The number of nitrogens with two attached hydrogens (primary N) is 1. The number of aliphatic carboxylic acids is 1. The van der Waals surface area contributed by atoms with Crippen molar-refractivity contribution in [1.29, 1.82) is 0 Å². The van der Waals surface area contributed by atoms with E-state index < -0.39 is 118 Å². The third kappa shape index (κ3) is 20.4. The van der Waals surface area contributed by atoms with E-state index in [1.54, 1.807) is 79.0 Å². The number of amides is 6. The summed E-state index contributed by atoms with van der Waals surface area (Å²) in [5.74, 6) is -6.21. The minimum Gasteiger partial charge on any atom is -0.480 e. The molecule has 8 rings (SSSR count). The number of carboxylic acids is 1. The molecule has 0 saturated carbocycles. The van der Waals surface area contributed by atoms with Crippen LogP contribution >= 0.6 is 23.5 Å². The van der Waals surface area contributed by atoms with Gasteiger partial charge in [-0.05, 0) is 124 Å². The zero-order chi connectivity index (χ0) is 73.1. The first kappa shape index (κ1) is 77.2. The number of nitrogens with zero attached hydrogens (tertiary/aromatic N) is 1. The molecule has 0 spiro atoms. The highest BCUT2D eigenvalue weighted by atomic mass is 32.2. The molecule has 0 unspecified atom stereocenters. The maximum absolute atomic E-state index is 15.5. The van der Waals surface area contributed by atoms with Crippen molar-refractivity contribution in [3.8, 4) is 0 Å². The Morgan fingerprint density at radius 1 is 0.515 bits per heavy atom. The van der Waals surface area contributed by atoms with E-state index in [0.29, 0.717) is 38.9 Å². The normalized spacial score (nSPS) is 14.0. The van der Waals surface area contributed by atoms with Crippen molar-refractivity contribution in [2.45, 2.75) is 152 Å². The zero-order valence-corrected chi connectivity index (χ0v) is 60.6. The maximum Gasteiger partial charge on any atom is 0.419 e. The summed E-state index contributed by atoms with van der Waals surface area (Å²) in [5, 5.41) is 28.5. The lowest BCUT2D eigenvalue weighted by atomic mass is 9.77. The monoisotopic (exact) mass is 1410 g/mol. The topological polar surface area (TPSA) is 278 Å². The second-order valence-corrected chi connectivity index (χ2v) is 29.7. The molecule has 1 heterocycles. The standard InChI is InChI=1S/C80H94N8O11S2/c1-52(2)47-64(72(92)85-66(75(95)96)48-54-50-88(76(97)99-78(7,8)9)67-44-30-29-43-61(54)67)83-71(91)63(45-46-100-10)82-73(93)65(49-68(89)87-79(55-31-17-11-18-32-55,56-33-19-12-20-34-56)57-35-21-13-22-36-57)84-74(94)69(53(3)98-77(4,5)6)86-70(90)62(81)51-101-80(58-37-23-14-24-38-58,59-39-25-15-26-40-59)60-41-27-16-28-42-60/h11-44,50,52-53,62-66,69H,45-49,51,81H2,1-10H3,(H,82,93)(H,83,91)(H,84,94)(H,85,92)(H,86,90)(H,87,89)(H,95,96)/t53-,62+,63+,64+,65+,66+,69+/m1/s1. The SMILES string of the molecule is CSCC[C@H](NC(=O)[C@H](CC(=O)NC(c1ccccc1)(c1ccccc1)c1ccccc1)NC(=O)[C@@H](NC(=O)[C@@H](N)CSC(c1ccccc1)(c1ccccc1)c1ccccc1)[C@@H](C)OC(C)(C)C)C(=O)N[C@@H](CC(C)C)C(=O)N[C@@H](Cc1cn(C(=O)OC(C)(C)C)c2ccccc12)C(=O)O. The highest BCUT2D eigenvalue weighted by molar-refractivity contribution is 8.00. The van der Waals surface area contributed by atoms with Crippen LogP contribution in [0.1, 0.15) is 121 Å². The summed E-state index contributed by atoms with van der Waals surface area (Å²) < 4.78 is 12.5. The van der Waals surface area contributed by atoms with Crippen molar-refractivity contribution in [1.82, 2.24) is 36.5 Å². The number of carbonyl (C=O) groups is 8. The Morgan fingerprint density at radius 2 is 0.941 bits per heavy atom. The van der Waals surface area contributed by atoms with E-state index in [2.05, 4.69) is 31.9 Å². The van der Waals surface area contributed by atoms with Gasteiger partial charge in [-0.2, -0.15) is 11.8 Å². The second-order valence-electron chi connectivity index (χ2n) is 27.4. The van der Waals surface area contributed by atoms with Crippen LogP contribution in [0.3, 0.4) is 0 Å². The highest BCUT2D eigenvalue weighted by Gasteiger charge is 2.43. The van der Waals surface area contributed by atoms with Crippen molar-refractivity contribution in [3.63, 3.8) is 0 Å². The predicted molar refractivity (Wildman–Crippen MR) is 399 cm³/mol. The fraction of sp³-hybridized carbons (Fsp3) is 0.350. The molecule has 21 heteroatoms. The molecule has 8 aromatic rings. The molecular formula is C80H94N8O11S2. The van der Waals surface area contributed by atoms with Gasteiger partial charge in [-0.25, -0.2) is 9.59 Å². The van der Waals surface area contributed by atoms with Crippen LogP contribution in [0, 0.1) is 5.92 Å². The predicted octanol–water partition coefficient (Wildman–Crippen LogP) is 11.0. The zero-order valence-electron chi connectivity index (χ0n) is 58.9. The molecule has 6 amide bonds. The van der Waals surface area contributed by atoms with Crippen LogP contribution in [0.2, 0.25) is 0 Å². The lowest BCUT2D eigenvalue weighted by molar-refractivity contribution is -0.142. The number of nitrogens with one attached hydrogen (secondary N) is 6. The molecule has 7 atom stereocenters. The first-order valence-corrected chi connectivity index (χ1v) is 36.3. The largest absolute Gasteiger partial charge is 0.480 e. The molecule has 532 valence electrons. The van der Waals surface area contributed by atoms with Gasteiger partial charge in [-0.1, -0.05) is 214 Å². The molecule has 0 saturated heterocycles. The number of carbonyl (C=O) groups excluding carboxylic acids is 7. The van der Waals surface area contributed by atoms with Crippen molar-refractivity contribution < 1.29 is 52.9 Å². The lowest BCUT2D eigenvalue weighted by Gasteiger charge is -2.37. The number of fused-ring (bicyclic) bond motifs is 1. The number of hydrogen-bond donors (Lipinski definition) is 8. The maximum atomic E-state index is 15.5. The fourth-order valence-corrected chi connectivity index (χ4v) is 14.3. The average molecular weight is 1410 g/mol. The molecule has 0 aliphatic carbocycles. The molecular weight excluding hydrogens is 1310 g/mol. The summed E-state index contributed by atoms with van der Waals surface area (Å²) in [6.45, 7) is 15.8. The smallest absolute Gasteiger partial charge is 0.419 e. The summed E-state index contributed by atoms with van der Waals surface area (Å²) in [6.07, 6.45) is 0.576.